The second-order valence-corrected chi connectivity index (χ2v) is 5.44. The first-order valence-corrected chi connectivity index (χ1v) is 7.06. The molecule has 0 radical (unpaired) electrons. The van der Waals surface area contributed by atoms with Crippen LogP contribution >= 0.6 is 0 Å². The van der Waals surface area contributed by atoms with Crippen molar-refractivity contribution in [2.24, 2.45) is 5.92 Å². The van der Waals surface area contributed by atoms with Crippen LogP contribution < -0.4 is 0 Å². The van der Waals surface area contributed by atoms with Gasteiger partial charge in [0.1, 0.15) is 6.61 Å². The van der Waals surface area contributed by atoms with Crippen molar-refractivity contribution in [1.82, 2.24) is 15.0 Å². The maximum Gasteiger partial charge on any atom is 0.252 e. The number of ether oxygens (including phenoxy) is 1. The van der Waals surface area contributed by atoms with Crippen molar-refractivity contribution in [2.45, 2.75) is 38.9 Å². The van der Waals surface area contributed by atoms with Crippen LogP contribution in [0.3, 0.4) is 0 Å². The minimum absolute atomic E-state index is 0.0882. The van der Waals surface area contributed by atoms with Crippen LogP contribution in [0.5, 0.6) is 0 Å². The summed E-state index contributed by atoms with van der Waals surface area (Å²) in [7, 11) is 0. The van der Waals surface area contributed by atoms with Gasteiger partial charge in [-0.15, -0.1) is 0 Å². The van der Waals surface area contributed by atoms with E-state index in [9.17, 15) is 4.79 Å². The number of hydrogen-bond acceptors (Lipinski definition) is 5. The first-order chi connectivity index (χ1) is 9.70. The lowest BCUT2D eigenvalue weighted by molar-refractivity contribution is -0.147. The fourth-order valence-electron chi connectivity index (χ4n) is 2.55. The summed E-state index contributed by atoms with van der Waals surface area (Å²) in [6.45, 7) is 3.43. The third kappa shape index (κ3) is 3.07. The van der Waals surface area contributed by atoms with E-state index < -0.39 is 0 Å². The van der Waals surface area contributed by atoms with Crippen molar-refractivity contribution in [1.29, 1.82) is 0 Å². The molecule has 3 rings (SSSR count). The molecule has 1 aromatic heterocycles. The first kappa shape index (κ1) is 13.3. The Morgan fingerprint density at radius 1 is 1.55 bits per heavy atom. The van der Waals surface area contributed by atoms with Crippen LogP contribution in [-0.2, 0) is 16.1 Å². The average molecular weight is 277 g/mol. The van der Waals surface area contributed by atoms with Crippen molar-refractivity contribution < 1.29 is 14.1 Å². The Balaban J connectivity index is 1.35. The summed E-state index contributed by atoms with van der Waals surface area (Å²) in [4.78, 5) is 17.9. The Bertz CT molecular complexity index is 506. The lowest BCUT2D eigenvalue weighted by Gasteiger charge is -2.39. The SMILES string of the molecule is Cc1noc(COC2CN(C(=O)CC3C=CCC3)C2)n1. The molecule has 1 aliphatic carbocycles. The first-order valence-electron chi connectivity index (χ1n) is 7.06. The molecule has 1 amide bonds. The summed E-state index contributed by atoms with van der Waals surface area (Å²) >= 11 is 0. The van der Waals surface area contributed by atoms with Crippen molar-refractivity contribution in [3.8, 4) is 0 Å². The Kier molecular flexibility index (Phi) is 3.82. The number of aryl methyl sites for hydroxylation is 1. The van der Waals surface area contributed by atoms with Gasteiger partial charge in [0, 0.05) is 19.5 Å². The summed E-state index contributed by atoms with van der Waals surface area (Å²) in [6.07, 6.45) is 7.25. The lowest BCUT2D eigenvalue weighted by Crippen LogP contribution is -2.54. The zero-order valence-electron chi connectivity index (χ0n) is 11.6. The van der Waals surface area contributed by atoms with Gasteiger partial charge >= 0.3 is 0 Å². The standard InChI is InChI=1S/C14H19N3O3/c1-10-15-13(20-16-10)9-19-12-7-17(8-12)14(18)6-11-4-2-3-5-11/h2,4,11-12H,3,5-9H2,1H3. The molecule has 108 valence electrons. The van der Waals surface area contributed by atoms with E-state index >= 15 is 0 Å². The molecular weight excluding hydrogens is 258 g/mol. The van der Waals surface area contributed by atoms with Gasteiger partial charge < -0.3 is 14.2 Å². The fourth-order valence-corrected chi connectivity index (χ4v) is 2.55. The maximum atomic E-state index is 12.0. The molecular formula is C14H19N3O3. The number of carbonyl (C=O) groups is 1. The second kappa shape index (κ2) is 5.75. The Morgan fingerprint density at radius 3 is 3.05 bits per heavy atom. The maximum absolute atomic E-state index is 12.0. The minimum atomic E-state index is 0.0882. The van der Waals surface area contributed by atoms with Crippen LogP contribution in [0.15, 0.2) is 16.7 Å². The van der Waals surface area contributed by atoms with Crippen LogP contribution in [0.25, 0.3) is 0 Å². The van der Waals surface area contributed by atoms with Gasteiger partial charge in [-0.05, 0) is 25.7 Å². The third-order valence-electron chi connectivity index (χ3n) is 3.76. The molecule has 1 atom stereocenters. The van der Waals surface area contributed by atoms with E-state index in [-0.39, 0.29) is 12.0 Å². The zero-order valence-corrected chi connectivity index (χ0v) is 11.6. The van der Waals surface area contributed by atoms with Gasteiger partial charge in [-0.25, -0.2) is 0 Å². The van der Waals surface area contributed by atoms with Crippen LogP contribution in [-0.4, -0.2) is 40.1 Å². The number of carbonyl (C=O) groups excluding carboxylic acids is 1. The highest BCUT2D eigenvalue weighted by molar-refractivity contribution is 5.77. The van der Waals surface area contributed by atoms with E-state index in [1.165, 1.54) is 0 Å². The second-order valence-electron chi connectivity index (χ2n) is 5.44. The van der Waals surface area contributed by atoms with E-state index in [0.29, 0.717) is 43.8 Å². The molecule has 0 N–H and O–H groups in total. The molecule has 0 aromatic carbocycles. The number of allylic oxidation sites excluding steroid dienone is 2. The van der Waals surface area contributed by atoms with Gasteiger partial charge in [0.15, 0.2) is 5.82 Å². The van der Waals surface area contributed by atoms with Crippen LogP contribution in [0.1, 0.15) is 31.0 Å². The Hall–Kier alpha value is -1.69. The molecule has 0 spiro atoms. The average Bonchev–Trinajstić information content (AvgIpc) is 2.99. The zero-order chi connectivity index (χ0) is 13.9. The van der Waals surface area contributed by atoms with Crippen LogP contribution in [0.2, 0.25) is 0 Å². The van der Waals surface area contributed by atoms with Gasteiger partial charge in [0.05, 0.1) is 6.10 Å². The Morgan fingerprint density at radius 2 is 2.40 bits per heavy atom. The molecule has 1 aromatic rings. The number of aromatic nitrogens is 2. The molecule has 0 saturated carbocycles. The smallest absolute Gasteiger partial charge is 0.252 e. The number of rotatable bonds is 5. The topological polar surface area (TPSA) is 68.5 Å². The number of nitrogens with zero attached hydrogens (tertiary/aromatic N) is 3. The summed E-state index contributed by atoms with van der Waals surface area (Å²) in [5.74, 6) is 1.76. The monoisotopic (exact) mass is 277 g/mol. The molecule has 1 saturated heterocycles. The van der Waals surface area contributed by atoms with Crippen molar-refractivity contribution in [3.63, 3.8) is 0 Å². The van der Waals surface area contributed by atoms with Crippen molar-refractivity contribution >= 4 is 5.91 Å². The summed E-state index contributed by atoms with van der Waals surface area (Å²) in [6, 6.07) is 0. The van der Waals surface area contributed by atoms with Gasteiger partial charge in [-0.1, -0.05) is 17.3 Å². The molecule has 2 aliphatic rings. The minimum Gasteiger partial charge on any atom is -0.365 e. The van der Waals surface area contributed by atoms with Crippen molar-refractivity contribution in [3.05, 3.63) is 23.9 Å². The van der Waals surface area contributed by atoms with Crippen molar-refractivity contribution in [2.75, 3.05) is 13.1 Å². The Labute approximate surface area is 117 Å². The molecule has 6 heteroatoms. The lowest BCUT2D eigenvalue weighted by atomic mass is 10.0. The number of likely N-dealkylation sites (tertiary alicyclic amines) is 1. The number of hydrogen-bond donors (Lipinski definition) is 0. The largest absolute Gasteiger partial charge is 0.365 e. The predicted molar refractivity (Wildman–Crippen MR) is 70.7 cm³/mol. The van der Waals surface area contributed by atoms with Crippen LogP contribution in [0, 0.1) is 12.8 Å². The molecule has 2 heterocycles. The van der Waals surface area contributed by atoms with E-state index in [1.807, 2.05) is 4.90 Å². The normalized spacial score (nSPS) is 22.2. The van der Waals surface area contributed by atoms with Gasteiger partial charge in [-0.2, -0.15) is 4.98 Å². The van der Waals surface area contributed by atoms with E-state index in [4.69, 9.17) is 9.26 Å². The molecule has 1 aliphatic heterocycles. The van der Waals surface area contributed by atoms with Gasteiger partial charge in [0.25, 0.3) is 5.89 Å². The summed E-state index contributed by atoms with van der Waals surface area (Å²) < 4.78 is 10.6. The molecule has 0 bridgehead atoms. The summed E-state index contributed by atoms with van der Waals surface area (Å²) in [5.41, 5.74) is 0. The van der Waals surface area contributed by atoms with Gasteiger partial charge in [-0.3, -0.25) is 4.79 Å². The highest BCUT2D eigenvalue weighted by Gasteiger charge is 2.32. The molecule has 20 heavy (non-hydrogen) atoms. The molecule has 6 nitrogen and oxygen atoms in total. The highest BCUT2D eigenvalue weighted by Crippen LogP contribution is 2.23. The molecule has 1 unspecified atom stereocenters. The quantitative estimate of drug-likeness (QED) is 0.762. The predicted octanol–water partition coefficient (Wildman–Crippen LogP) is 1.46. The van der Waals surface area contributed by atoms with E-state index in [2.05, 4.69) is 22.3 Å². The van der Waals surface area contributed by atoms with E-state index in [0.717, 1.165) is 12.8 Å². The van der Waals surface area contributed by atoms with E-state index in [1.54, 1.807) is 6.92 Å². The fraction of sp³-hybridized carbons (Fsp3) is 0.643. The summed E-state index contributed by atoms with van der Waals surface area (Å²) in [5, 5.41) is 3.70. The molecule has 1 fully saturated rings. The third-order valence-corrected chi connectivity index (χ3v) is 3.76. The van der Waals surface area contributed by atoms with Gasteiger partial charge in [0.2, 0.25) is 5.91 Å². The van der Waals surface area contributed by atoms with Crippen LogP contribution in [0.4, 0.5) is 0 Å². The highest BCUT2D eigenvalue weighted by atomic mass is 16.5. The number of amides is 1.